The third-order valence-corrected chi connectivity index (χ3v) is 5.53. The second kappa shape index (κ2) is 7.42. The summed E-state index contributed by atoms with van der Waals surface area (Å²) < 4.78 is 12.4. The van der Waals surface area contributed by atoms with E-state index in [1.54, 1.807) is 13.2 Å². The number of rotatable bonds is 6. The quantitative estimate of drug-likeness (QED) is 0.798. The lowest BCUT2D eigenvalue weighted by molar-refractivity contribution is -0.0339. The van der Waals surface area contributed by atoms with E-state index < -0.39 is 5.60 Å². The first-order chi connectivity index (χ1) is 13.1. The highest BCUT2D eigenvalue weighted by molar-refractivity contribution is 5.60. The zero-order valence-electron chi connectivity index (χ0n) is 15.4. The first kappa shape index (κ1) is 18.2. The van der Waals surface area contributed by atoms with Crippen LogP contribution in [0.4, 0.5) is 0 Å². The van der Waals surface area contributed by atoms with Gasteiger partial charge in [0.1, 0.15) is 5.75 Å². The van der Waals surface area contributed by atoms with E-state index >= 15 is 0 Å². The lowest BCUT2D eigenvalue weighted by atomic mass is 9.80. The monoisotopic (exact) mass is 371 g/mol. The molecule has 7 nitrogen and oxygen atoms in total. The average Bonchev–Trinajstić information content (AvgIpc) is 3.13. The number of methoxy groups -OCH3 is 1. The molecule has 2 atom stereocenters. The molecule has 0 amide bonds. The van der Waals surface area contributed by atoms with Crippen LogP contribution < -0.4 is 15.6 Å². The van der Waals surface area contributed by atoms with Gasteiger partial charge in [-0.1, -0.05) is 12.1 Å². The Labute approximate surface area is 157 Å². The van der Waals surface area contributed by atoms with Crippen LogP contribution in [0.25, 0.3) is 11.3 Å². The molecule has 1 aliphatic heterocycles. The predicted octanol–water partition coefficient (Wildman–Crippen LogP) is 1.36. The van der Waals surface area contributed by atoms with Gasteiger partial charge in [0, 0.05) is 18.2 Å². The summed E-state index contributed by atoms with van der Waals surface area (Å²) in [6, 6.07) is 10.6. The highest BCUT2D eigenvalue weighted by Crippen LogP contribution is 2.31. The number of nitrogens with zero attached hydrogens (tertiary/aromatic N) is 2. The Kier molecular flexibility index (Phi) is 4.99. The molecule has 2 N–H and O–H groups in total. The van der Waals surface area contributed by atoms with Crippen molar-refractivity contribution in [2.75, 3.05) is 26.9 Å². The molecule has 0 bridgehead atoms. The number of nitrogens with one attached hydrogen (secondary N) is 1. The fourth-order valence-corrected chi connectivity index (χ4v) is 3.66. The molecular formula is C20H25N3O4. The van der Waals surface area contributed by atoms with E-state index in [4.69, 9.17) is 9.47 Å². The summed E-state index contributed by atoms with van der Waals surface area (Å²) in [4.78, 5) is 12.5. The van der Waals surface area contributed by atoms with Gasteiger partial charge >= 0.3 is 0 Å². The highest BCUT2D eigenvalue weighted by Gasteiger charge is 2.37. The number of benzene rings is 1. The van der Waals surface area contributed by atoms with Gasteiger partial charge in [-0.2, -0.15) is 5.10 Å². The maximum absolute atomic E-state index is 12.5. The molecule has 1 aromatic heterocycles. The minimum absolute atomic E-state index is 0.0552. The van der Waals surface area contributed by atoms with Crippen LogP contribution in [0.5, 0.6) is 5.75 Å². The van der Waals surface area contributed by atoms with Gasteiger partial charge < -0.3 is 19.9 Å². The molecule has 2 heterocycles. The largest absolute Gasteiger partial charge is 0.497 e. The van der Waals surface area contributed by atoms with Crippen molar-refractivity contribution in [3.05, 3.63) is 46.8 Å². The van der Waals surface area contributed by atoms with Gasteiger partial charge in [0.2, 0.25) is 0 Å². The second-order valence-corrected chi connectivity index (χ2v) is 7.40. The van der Waals surface area contributed by atoms with Gasteiger partial charge in [-0.25, -0.2) is 4.68 Å². The molecule has 7 heteroatoms. The Morgan fingerprint density at radius 3 is 2.93 bits per heavy atom. The number of hydrogen-bond donors (Lipinski definition) is 2. The van der Waals surface area contributed by atoms with Gasteiger partial charge in [-0.05, 0) is 37.5 Å². The molecule has 27 heavy (non-hydrogen) atoms. The Hall–Kier alpha value is -2.22. The van der Waals surface area contributed by atoms with Crippen LogP contribution in [0.3, 0.4) is 0 Å². The Balaban J connectivity index is 1.57. The highest BCUT2D eigenvalue weighted by atomic mass is 16.5. The maximum atomic E-state index is 12.5. The van der Waals surface area contributed by atoms with Crippen LogP contribution in [0.1, 0.15) is 25.3 Å². The van der Waals surface area contributed by atoms with E-state index in [0.717, 1.165) is 30.6 Å². The van der Waals surface area contributed by atoms with E-state index in [-0.39, 0.29) is 17.6 Å². The van der Waals surface area contributed by atoms with Gasteiger partial charge in [-0.15, -0.1) is 0 Å². The van der Waals surface area contributed by atoms with Crippen molar-refractivity contribution in [2.24, 2.45) is 0 Å². The fraction of sp³-hybridized carbons (Fsp3) is 0.500. The minimum atomic E-state index is -0.617. The van der Waals surface area contributed by atoms with E-state index in [9.17, 15) is 9.90 Å². The van der Waals surface area contributed by atoms with E-state index in [2.05, 4.69) is 10.4 Å². The first-order valence-corrected chi connectivity index (χ1v) is 9.36. The van der Waals surface area contributed by atoms with E-state index in [0.29, 0.717) is 25.5 Å². The Bertz CT molecular complexity index is 862. The molecule has 1 saturated carbocycles. The first-order valence-electron chi connectivity index (χ1n) is 9.36. The molecular weight excluding hydrogens is 346 g/mol. The summed E-state index contributed by atoms with van der Waals surface area (Å²) in [5, 5.41) is 18.3. The van der Waals surface area contributed by atoms with Crippen molar-refractivity contribution in [1.29, 1.82) is 0 Å². The zero-order chi connectivity index (χ0) is 18.9. The van der Waals surface area contributed by atoms with Crippen molar-refractivity contribution >= 4 is 0 Å². The second-order valence-electron chi connectivity index (χ2n) is 7.40. The van der Waals surface area contributed by atoms with Gasteiger partial charge in [0.05, 0.1) is 43.7 Å². The van der Waals surface area contributed by atoms with Crippen LogP contribution in [-0.4, -0.2) is 53.4 Å². The summed E-state index contributed by atoms with van der Waals surface area (Å²) in [6.07, 6.45) is 2.70. The summed E-state index contributed by atoms with van der Waals surface area (Å²) in [5.41, 5.74) is 0.812. The van der Waals surface area contributed by atoms with E-state index in [1.807, 2.05) is 24.3 Å². The molecule has 1 aromatic carbocycles. The molecule has 2 unspecified atom stereocenters. The van der Waals surface area contributed by atoms with Crippen LogP contribution in [0.2, 0.25) is 0 Å². The van der Waals surface area contributed by atoms with Gasteiger partial charge in [-0.3, -0.25) is 4.79 Å². The third kappa shape index (κ3) is 3.76. The number of hydrogen-bond acceptors (Lipinski definition) is 6. The summed E-state index contributed by atoms with van der Waals surface area (Å²) >= 11 is 0. The molecule has 2 aliphatic rings. The summed E-state index contributed by atoms with van der Waals surface area (Å²) in [5.74, 6) is 0.740. The van der Waals surface area contributed by atoms with Crippen molar-refractivity contribution in [3.63, 3.8) is 0 Å². The van der Waals surface area contributed by atoms with Gasteiger partial charge in [0.25, 0.3) is 5.56 Å². The maximum Gasteiger partial charge on any atom is 0.267 e. The molecule has 2 aromatic rings. The standard InChI is InChI=1S/C20H25N3O4/c1-26-15-5-2-4-14(10-15)16-6-7-19(24)23(22-16)18-12-27-11-17(18)21-13-20(25)8-3-9-20/h2,4-7,10,17-18,21,25H,3,8-9,11-13H2,1H3. The van der Waals surface area contributed by atoms with Crippen molar-refractivity contribution in [2.45, 2.75) is 36.9 Å². The van der Waals surface area contributed by atoms with E-state index in [1.165, 1.54) is 10.7 Å². The Morgan fingerprint density at radius 2 is 2.19 bits per heavy atom. The molecule has 2 fully saturated rings. The molecule has 144 valence electrons. The number of ether oxygens (including phenoxy) is 2. The van der Waals surface area contributed by atoms with Crippen molar-refractivity contribution in [3.8, 4) is 17.0 Å². The molecule has 0 spiro atoms. The summed E-state index contributed by atoms with van der Waals surface area (Å²) in [7, 11) is 1.62. The van der Waals surface area contributed by atoms with Crippen LogP contribution in [0.15, 0.2) is 41.2 Å². The summed E-state index contributed by atoms with van der Waals surface area (Å²) in [6.45, 7) is 1.44. The lowest BCUT2D eigenvalue weighted by Crippen LogP contribution is -2.51. The third-order valence-electron chi connectivity index (χ3n) is 5.53. The SMILES string of the molecule is COc1cccc(-c2ccc(=O)n(C3COCC3NCC3(O)CCC3)n2)c1. The van der Waals surface area contributed by atoms with Gasteiger partial charge in [0.15, 0.2) is 0 Å². The van der Waals surface area contributed by atoms with Crippen LogP contribution >= 0.6 is 0 Å². The minimum Gasteiger partial charge on any atom is -0.497 e. The van der Waals surface area contributed by atoms with Crippen molar-refractivity contribution in [1.82, 2.24) is 15.1 Å². The Morgan fingerprint density at radius 1 is 1.33 bits per heavy atom. The molecule has 4 rings (SSSR count). The molecule has 1 saturated heterocycles. The average molecular weight is 371 g/mol. The number of aromatic nitrogens is 2. The molecule has 0 radical (unpaired) electrons. The predicted molar refractivity (Wildman–Crippen MR) is 101 cm³/mol. The smallest absolute Gasteiger partial charge is 0.267 e. The lowest BCUT2D eigenvalue weighted by Gasteiger charge is -2.38. The normalized spacial score (nSPS) is 23.8. The molecule has 1 aliphatic carbocycles. The topological polar surface area (TPSA) is 85.6 Å². The number of aliphatic hydroxyl groups is 1. The van der Waals surface area contributed by atoms with Crippen LogP contribution in [0, 0.1) is 0 Å². The fourth-order valence-electron chi connectivity index (χ4n) is 3.66. The zero-order valence-corrected chi connectivity index (χ0v) is 15.4. The van der Waals surface area contributed by atoms with Crippen molar-refractivity contribution < 1.29 is 14.6 Å². The van der Waals surface area contributed by atoms with Crippen LogP contribution in [-0.2, 0) is 4.74 Å².